The Morgan fingerprint density at radius 2 is 1.78 bits per heavy atom. The first-order chi connectivity index (χ1) is 17.4. The second kappa shape index (κ2) is 11.6. The van der Waals surface area contributed by atoms with E-state index < -0.39 is 17.7 Å². The Balaban J connectivity index is 1.75. The third-order valence-electron chi connectivity index (χ3n) is 6.59. The third-order valence-corrected chi connectivity index (χ3v) is 6.59. The SMILES string of the molecule is CCCOc1ccc([C@@H]2/C(=C(\O)c3ccc(C)cc3)C(=O)C(=O)N2CCN2CCOCC2)cc1OC. The van der Waals surface area contributed by atoms with E-state index in [-0.39, 0.29) is 11.3 Å². The van der Waals surface area contributed by atoms with Crippen molar-refractivity contribution < 1.29 is 28.9 Å². The van der Waals surface area contributed by atoms with E-state index in [0.717, 1.165) is 25.1 Å². The molecule has 0 unspecified atom stereocenters. The summed E-state index contributed by atoms with van der Waals surface area (Å²) in [4.78, 5) is 30.3. The van der Waals surface area contributed by atoms with Crippen LogP contribution in [0.15, 0.2) is 48.0 Å². The summed E-state index contributed by atoms with van der Waals surface area (Å²) < 4.78 is 16.8. The van der Waals surface area contributed by atoms with Crippen molar-refractivity contribution in [1.29, 1.82) is 0 Å². The molecule has 0 radical (unpaired) electrons. The van der Waals surface area contributed by atoms with Crippen LogP contribution in [0.25, 0.3) is 5.76 Å². The minimum absolute atomic E-state index is 0.0788. The fourth-order valence-corrected chi connectivity index (χ4v) is 4.58. The van der Waals surface area contributed by atoms with Gasteiger partial charge in [0.05, 0.1) is 38.5 Å². The van der Waals surface area contributed by atoms with Crippen LogP contribution in [-0.4, -0.2) is 79.7 Å². The standard InChI is InChI=1S/C28H34N2O6/c1-4-15-36-22-10-9-21(18-23(22)34-3)25-24(26(31)20-7-5-19(2)6-8-20)27(32)28(33)30(25)12-11-29-13-16-35-17-14-29/h5-10,18,25,31H,4,11-17H2,1-3H3/b26-24+/t25-/m1/s1. The number of methoxy groups -OCH3 is 1. The van der Waals surface area contributed by atoms with Crippen molar-refractivity contribution in [2.45, 2.75) is 26.3 Å². The van der Waals surface area contributed by atoms with Gasteiger partial charge in [0.1, 0.15) is 5.76 Å². The summed E-state index contributed by atoms with van der Waals surface area (Å²) >= 11 is 0. The topological polar surface area (TPSA) is 88.5 Å². The van der Waals surface area contributed by atoms with Crippen molar-refractivity contribution in [2.75, 3.05) is 53.1 Å². The fraction of sp³-hybridized carbons (Fsp3) is 0.429. The van der Waals surface area contributed by atoms with Gasteiger partial charge in [0.2, 0.25) is 0 Å². The van der Waals surface area contributed by atoms with Crippen LogP contribution in [0.1, 0.15) is 36.1 Å². The van der Waals surface area contributed by atoms with Crippen LogP contribution in [0.2, 0.25) is 0 Å². The summed E-state index contributed by atoms with van der Waals surface area (Å²) in [5.74, 6) is -0.392. The van der Waals surface area contributed by atoms with Crippen molar-refractivity contribution in [1.82, 2.24) is 9.80 Å². The van der Waals surface area contributed by atoms with E-state index in [2.05, 4.69) is 4.90 Å². The number of nitrogens with zero attached hydrogens (tertiary/aromatic N) is 2. The van der Waals surface area contributed by atoms with E-state index in [4.69, 9.17) is 14.2 Å². The zero-order chi connectivity index (χ0) is 25.7. The lowest BCUT2D eigenvalue weighted by atomic mass is 9.94. The smallest absolute Gasteiger partial charge is 0.295 e. The van der Waals surface area contributed by atoms with Gasteiger partial charge in [-0.1, -0.05) is 42.8 Å². The number of ketones is 1. The molecule has 4 rings (SSSR count). The molecular weight excluding hydrogens is 460 g/mol. The Morgan fingerprint density at radius 1 is 1.06 bits per heavy atom. The Labute approximate surface area is 212 Å². The average Bonchev–Trinajstić information content (AvgIpc) is 3.16. The van der Waals surface area contributed by atoms with Crippen LogP contribution in [0.3, 0.4) is 0 Å². The maximum Gasteiger partial charge on any atom is 0.295 e. The lowest BCUT2D eigenvalue weighted by molar-refractivity contribution is -0.140. The van der Waals surface area contributed by atoms with Crippen LogP contribution in [0, 0.1) is 6.92 Å². The van der Waals surface area contributed by atoms with Gasteiger partial charge >= 0.3 is 0 Å². The Kier molecular flexibility index (Phi) is 8.28. The molecule has 8 heteroatoms. The number of morpholine rings is 1. The maximum atomic E-state index is 13.3. The Hall–Kier alpha value is -3.36. The summed E-state index contributed by atoms with van der Waals surface area (Å²) in [6, 6.07) is 11.9. The number of amides is 1. The van der Waals surface area contributed by atoms with Gasteiger partial charge in [-0.15, -0.1) is 0 Å². The van der Waals surface area contributed by atoms with Crippen molar-refractivity contribution in [3.05, 3.63) is 64.7 Å². The van der Waals surface area contributed by atoms with Crippen LogP contribution in [0.5, 0.6) is 11.5 Å². The van der Waals surface area contributed by atoms with Crippen LogP contribution >= 0.6 is 0 Å². The van der Waals surface area contributed by atoms with Gasteiger partial charge in [-0.25, -0.2) is 0 Å². The van der Waals surface area contributed by atoms with Crippen LogP contribution in [0.4, 0.5) is 0 Å². The normalized spacial score (nSPS) is 20.1. The maximum absolute atomic E-state index is 13.3. The molecule has 2 aromatic rings. The number of Topliss-reactive ketones (excluding diaryl/α,β-unsaturated/α-hetero) is 1. The molecule has 0 aliphatic carbocycles. The van der Waals surface area contributed by atoms with Crippen molar-refractivity contribution in [3.8, 4) is 11.5 Å². The van der Waals surface area contributed by atoms with Gasteiger partial charge < -0.3 is 24.2 Å². The summed E-state index contributed by atoms with van der Waals surface area (Å²) in [6.07, 6.45) is 0.850. The number of aliphatic hydroxyl groups is 1. The average molecular weight is 495 g/mol. The zero-order valence-corrected chi connectivity index (χ0v) is 21.2. The summed E-state index contributed by atoms with van der Waals surface area (Å²) in [7, 11) is 1.56. The largest absolute Gasteiger partial charge is 0.507 e. The van der Waals surface area contributed by atoms with Gasteiger partial charge in [-0.05, 0) is 31.0 Å². The molecule has 192 valence electrons. The van der Waals surface area contributed by atoms with Crippen LogP contribution < -0.4 is 9.47 Å². The molecule has 0 spiro atoms. The predicted molar refractivity (Wildman–Crippen MR) is 136 cm³/mol. The minimum Gasteiger partial charge on any atom is -0.507 e. The van der Waals surface area contributed by atoms with E-state index in [0.29, 0.717) is 55.5 Å². The van der Waals surface area contributed by atoms with Gasteiger partial charge in [-0.3, -0.25) is 14.5 Å². The first-order valence-electron chi connectivity index (χ1n) is 12.4. The number of aryl methyl sites for hydroxylation is 1. The number of carbonyl (C=O) groups excluding carboxylic acids is 2. The number of ether oxygens (including phenoxy) is 3. The summed E-state index contributed by atoms with van der Waals surface area (Å²) in [5, 5.41) is 11.3. The molecule has 2 aliphatic rings. The third kappa shape index (κ3) is 5.39. The van der Waals surface area contributed by atoms with E-state index >= 15 is 0 Å². The number of rotatable bonds is 9. The van der Waals surface area contributed by atoms with Crippen molar-refractivity contribution in [2.24, 2.45) is 0 Å². The van der Waals surface area contributed by atoms with E-state index in [1.807, 2.05) is 32.0 Å². The first kappa shape index (κ1) is 25.7. The lowest BCUT2D eigenvalue weighted by Gasteiger charge is -2.31. The molecule has 1 N–H and O–H groups in total. The van der Waals surface area contributed by atoms with Crippen LogP contribution in [-0.2, 0) is 14.3 Å². The highest BCUT2D eigenvalue weighted by Crippen LogP contribution is 2.42. The quantitative estimate of drug-likeness (QED) is 0.324. The number of carbonyl (C=O) groups is 2. The molecule has 0 bridgehead atoms. The Morgan fingerprint density at radius 3 is 2.44 bits per heavy atom. The number of hydrogen-bond donors (Lipinski definition) is 1. The number of benzene rings is 2. The van der Waals surface area contributed by atoms with Gasteiger partial charge in [-0.2, -0.15) is 0 Å². The molecule has 2 aromatic carbocycles. The number of hydrogen-bond acceptors (Lipinski definition) is 7. The second-order valence-electron chi connectivity index (χ2n) is 9.07. The molecule has 0 aromatic heterocycles. The highest BCUT2D eigenvalue weighted by molar-refractivity contribution is 6.46. The highest BCUT2D eigenvalue weighted by Gasteiger charge is 2.46. The molecule has 1 atom stereocenters. The summed E-state index contributed by atoms with van der Waals surface area (Å²) in [5.41, 5.74) is 2.27. The fourth-order valence-electron chi connectivity index (χ4n) is 4.58. The van der Waals surface area contributed by atoms with Gasteiger partial charge in [0, 0.05) is 31.7 Å². The monoisotopic (exact) mass is 494 g/mol. The molecule has 1 amide bonds. The first-order valence-corrected chi connectivity index (χ1v) is 12.4. The summed E-state index contributed by atoms with van der Waals surface area (Å²) in [6.45, 7) is 8.29. The van der Waals surface area contributed by atoms with E-state index in [1.54, 1.807) is 36.3 Å². The molecule has 2 heterocycles. The number of likely N-dealkylation sites (tertiary alicyclic amines) is 1. The highest BCUT2D eigenvalue weighted by atomic mass is 16.5. The minimum atomic E-state index is -0.749. The zero-order valence-electron chi connectivity index (χ0n) is 21.2. The molecule has 2 aliphatic heterocycles. The molecule has 0 saturated carbocycles. The number of aliphatic hydroxyl groups excluding tert-OH is 1. The van der Waals surface area contributed by atoms with Crippen molar-refractivity contribution >= 4 is 17.4 Å². The van der Waals surface area contributed by atoms with Crippen molar-refractivity contribution in [3.63, 3.8) is 0 Å². The second-order valence-corrected chi connectivity index (χ2v) is 9.07. The molecule has 8 nitrogen and oxygen atoms in total. The Bertz CT molecular complexity index is 1120. The van der Waals surface area contributed by atoms with Gasteiger partial charge in [0.25, 0.3) is 11.7 Å². The molecule has 2 saturated heterocycles. The van der Waals surface area contributed by atoms with Gasteiger partial charge in [0.15, 0.2) is 11.5 Å². The predicted octanol–water partition coefficient (Wildman–Crippen LogP) is 3.55. The molecule has 2 fully saturated rings. The van der Waals surface area contributed by atoms with E-state index in [1.165, 1.54) is 0 Å². The lowest BCUT2D eigenvalue weighted by Crippen LogP contribution is -2.42. The van der Waals surface area contributed by atoms with E-state index in [9.17, 15) is 14.7 Å². The molecule has 36 heavy (non-hydrogen) atoms. The molecular formula is C28H34N2O6.